The molecular formula is C14H11NO2. The van der Waals surface area contributed by atoms with E-state index in [2.05, 4.69) is 6.07 Å². The Morgan fingerprint density at radius 2 is 2.06 bits per heavy atom. The van der Waals surface area contributed by atoms with Crippen molar-refractivity contribution in [1.82, 2.24) is 0 Å². The van der Waals surface area contributed by atoms with Gasteiger partial charge >= 0.3 is 0 Å². The third kappa shape index (κ3) is 2.56. The predicted molar refractivity (Wildman–Crippen MR) is 65.2 cm³/mol. The molecule has 0 amide bonds. The molecule has 0 spiro atoms. The zero-order valence-electron chi connectivity index (χ0n) is 9.38. The number of allylic oxidation sites excluding steroid dienone is 1. The molecule has 17 heavy (non-hydrogen) atoms. The second-order valence-electron chi connectivity index (χ2n) is 3.41. The number of nitrogens with zero attached hydrogens (tertiary/aromatic N) is 1. The van der Waals surface area contributed by atoms with E-state index < -0.39 is 0 Å². The van der Waals surface area contributed by atoms with Crippen LogP contribution in [0.15, 0.2) is 47.1 Å². The first-order valence-electron chi connectivity index (χ1n) is 5.13. The Labute approximate surface area is 99.6 Å². The molecule has 0 radical (unpaired) electrons. The summed E-state index contributed by atoms with van der Waals surface area (Å²) in [5.74, 6) is 1.43. The van der Waals surface area contributed by atoms with Crippen molar-refractivity contribution >= 4 is 11.6 Å². The molecule has 1 aromatic carbocycles. The van der Waals surface area contributed by atoms with Crippen LogP contribution >= 0.6 is 0 Å². The van der Waals surface area contributed by atoms with Crippen molar-refractivity contribution in [1.29, 1.82) is 5.26 Å². The van der Waals surface area contributed by atoms with E-state index in [0.29, 0.717) is 11.3 Å². The first-order valence-corrected chi connectivity index (χ1v) is 5.13. The highest BCUT2D eigenvalue weighted by atomic mass is 16.5. The van der Waals surface area contributed by atoms with Crippen LogP contribution in [-0.4, -0.2) is 7.11 Å². The SMILES string of the molecule is COc1ccc(/C(C#N)=C\c2ccco2)cc1. The van der Waals surface area contributed by atoms with Gasteiger partial charge in [0.2, 0.25) is 0 Å². The van der Waals surface area contributed by atoms with E-state index >= 15 is 0 Å². The summed E-state index contributed by atoms with van der Waals surface area (Å²) in [5, 5.41) is 9.11. The van der Waals surface area contributed by atoms with Crippen LogP contribution in [0.5, 0.6) is 5.75 Å². The second kappa shape index (κ2) is 5.04. The van der Waals surface area contributed by atoms with Crippen LogP contribution in [0, 0.1) is 11.3 Å². The molecule has 0 aliphatic rings. The topological polar surface area (TPSA) is 46.2 Å². The summed E-state index contributed by atoms with van der Waals surface area (Å²) in [4.78, 5) is 0. The minimum atomic E-state index is 0.558. The monoisotopic (exact) mass is 225 g/mol. The van der Waals surface area contributed by atoms with Crippen molar-refractivity contribution in [3.8, 4) is 11.8 Å². The van der Waals surface area contributed by atoms with Crippen molar-refractivity contribution < 1.29 is 9.15 Å². The minimum Gasteiger partial charge on any atom is -0.497 e. The fourth-order valence-electron chi connectivity index (χ4n) is 1.47. The summed E-state index contributed by atoms with van der Waals surface area (Å²) >= 11 is 0. The molecule has 0 aliphatic carbocycles. The standard InChI is InChI=1S/C14H11NO2/c1-16-13-6-4-11(5-7-13)12(10-15)9-14-3-2-8-17-14/h2-9H,1H3/b12-9-. The van der Waals surface area contributed by atoms with Gasteiger partial charge in [-0.15, -0.1) is 0 Å². The number of furan rings is 1. The number of benzene rings is 1. The molecule has 3 heteroatoms. The maximum absolute atomic E-state index is 9.11. The Hall–Kier alpha value is -2.47. The Kier molecular flexibility index (Phi) is 3.27. The quantitative estimate of drug-likeness (QED) is 0.752. The van der Waals surface area contributed by atoms with E-state index in [9.17, 15) is 0 Å². The molecule has 2 aromatic rings. The van der Waals surface area contributed by atoms with Gasteiger partial charge < -0.3 is 9.15 Å². The average molecular weight is 225 g/mol. The molecule has 0 atom stereocenters. The zero-order valence-corrected chi connectivity index (χ0v) is 9.38. The molecule has 0 unspecified atom stereocenters. The molecule has 84 valence electrons. The van der Waals surface area contributed by atoms with Crippen LogP contribution in [0.2, 0.25) is 0 Å². The zero-order chi connectivity index (χ0) is 12.1. The van der Waals surface area contributed by atoms with E-state index in [4.69, 9.17) is 14.4 Å². The molecule has 0 saturated carbocycles. The largest absolute Gasteiger partial charge is 0.497 e. The van der Waals surface area contributed by atoms with Gasteiger partial charge in [-0.05, 0) is 48.0 Å². The van der Waals surface area contributed by atoms with Gasteiger partial charge in [-0.1, -0.05) is 0 Å². The van der Waals surface area contributed by atoms with Crippen molar-refractivity contribution in [3.05, 3.63) is 54.0 Å². The fourth-order valence-corrected chi connectivity index (χ4v) is 1.47. The van der Waals surface area contributed by atoms with Crippen molar-refractivity contribution in [3.63, 3.8) is 0 Å². The summed E-state index contributed by atoms with van der Waals surface area (Å²) in [6.45, 7) is 0. The molecule has 0 aliphatic heterocycles. The van der Waals surface area contributed by atoms with Crippen LogP contribution in [0.3, 0.4) is 0 Å². The van der Waals surface area contributed by atoms with E-state index in [1.165, 1.54) is 0 Å². The van der Waals surface area contributed by atoms with Crippen molar-refractivity contribution in [2.45, 2.75) is 0 Å². The molecule has 2 rings (SSSR count). The van der Waals surface area contributed by atoms with E-state index in [1.54, 1.807) is 31.6 Å². The summed E-state index contributed by atoms with van der Waals surface area (Å²) in [5.41, 5.74) is 1.40. The third-order valence-electron chi connectivity index (χ3n) is 2.35. The highest BCUT2D eigenvalue weighted by Crippen LogP contribution is 2.20. The molecule has 1 heterocycles. The first-order chi connectivity index (χ1) is 8.33. The summed E-state index contributed by atoms with van der Waals surface area (Å²) in [6.07, 6.45) is 3.29. The van der Waals surface area contributed by atoms with E-state index in [1.807, 2.05) is 24.3 Å². The predicted octanol–water partition coefficient (Wildman–Crippen LogP) is 3.35. The first kappa shape index (κ1) is 11.0. The fraction of sp³-hybridized carbons (Fsp3) is 0.0714. The Bertz CT molecular complexity index is 545. The Balaban J connectivity index is 2.33. The molecule has 0 N–H and O–H groups in total. The second-order valence-corrected chi connectivity index (χ2v) is 3.41. The van der Waals surface area contributed by atoms with Gasteiger partial charge in [0.15, 0.2) is 0 Å². The van der Waals surface area contributed by atoms with E-state index in [-0.39, 0.29) is 0 Å². The van der Waals surface area contributed by atoms with Crippen molar-refractivity contribution in [2.75, 3.05) is 7.11 Å². The molecule has 1 aromatic heterocycles. The highest BCUT2D eigenvalue weighted by Gasteiger charge is 2.02. The van der Waals surface area contributed by atoms with Gasteiger partial charge in [-0.3, -0.25) is 0 Å². The number of ether oxygens (including phenoxy) is 1. The number of hydrogen-bond donors (Lipinski definition) is 0. The number of rotatable bonds is 3. The van der Waals surface area contributed by atoms with Crippen LogP contribution in [-0.2, 0) is 0 Å². The van der Waals surface area contributed by atoms with Gasteiger partial charge in [0.25, 0.3) is 0 Å². The minimum absolute atomic E-state index is 0.558. The lowest BCUT2D eigenvalue weighted by molar-refractivity contribution is 0.415. The average Bonchev–Trinajstić information content (AvgIpc) is 2.89. The summed E-state index contributed by atoms with van der Waals surface area (Å²) in [6, 6.07) is 13.1. The van der Waals surface area contributed by atoms with Crippen LogP contribution in [0.4, 0.5) is 0 Å². The molecule has 0 fully saturated rings. The summed E-state index contributed by atoms with van der Waals surface area (Å²) < 4.78 is 10.2. The normalized spacial score (nSPS) is 10.9. The third-order valence-corrected chi connectivity index (χ3v) is 2.35. The van der Waals surface area contributed by atoms with Crippen LogP contribution in [0.25, 0.3) is 11.6 Å². The maximum Gasteiger partial charge on any atom is 0.127 e. The lowest BCUT2D eigenvalue weighted by Gasteiger charge is -2.01. The Morgan fingerprint density at radius 3 is 2.59 bits per heavy atom. The van der Waals surface area contributed by atoms with E-state index in [0.717, 1.165) is 11.3 Å². The van der Waals surface area contributed by atoms with Gasteiger partial charge in [0.05, 0.1) is 25.0 Å². The molecule has 3 nitrogen and oxygen atoms in total. The lowest BCUT2D eigenvalue weighted by atomic mass is 10.1. The smallest absolute Gasteiger partial charge is 0.127 e. The van der Waals surface area contributed by atoms with Gasteiger partial charge in [0, 0.05) is 0 Å². The molecule has 0 saturated heterocycles. The summed E-state index contributed by atoms with van der Waals surface area (Å²) in [7, 11) is 1.61. The number of methoxy groups -OCH3 is 1. The molecule has 0 bridgehead atoms. The van der Waals surface area contributed by atoms with Crippen molar-refractivity contribution in [2.24, 2.45) is 0 Å². The van der Waals surface area contributed by atoms with Gasteiger partial charge in [-0.2, -0.15) is 5.26 Å². The number of hydrogen-bond acceptors (Lipinski definition) is 3. The van der Waals surface area contributed by atoms with Gasteiger partial charge in [-0.25, -0.2) is 0 Å². The van der Waals surface area contributed by atoms with Crippen LogP contribution in [0.1, 0.15) is 11.3 Å². The number of nitriles is 1. The van der Waals surface area contributed by atoms with Crippen LogP contribution < -0.4 is 4.74 Å². The lowest BCUT2D eigenvalue weighted by Crippen LogP contribution is -1.84. The highest BCUT2D eigenvalue weighted by molar-refractivity contribution is 5.88. The Morgan fingerprint density at radius 1 is 1.29 bits per heavy atom. The maximum atomic E-state index is 9.11. The molecular weight excluding hydrogens is 214 g/mol. The van der Waals surface area contributed by atoms with Gasteiger partial charge in [0.1, 0.15) is 11.5 Å².